The van der Waals surface area contributed by atoms with Crippen LogP contribution in [0.4, 0.5) is 0 Å². The van der Waals surface area contributed by atoms with Crippen LogP contribution in [0.2, 0.25) is 5.02 Å². The molecule has 9 heteroatoms. The molecule has 3 rings (SSSR count). The molecular formula is C26H26ClN3O4S. The van der Waals surface area contributed by atoms with E-state index in [9.17, 15) is 13.2 Å². The van der Waals surface area contributed by atoms with E-state index in [0.717, 1.165) is 9.87 Å². The molecule has 0 aliphatic carbocycles. The monoisotopic (exact) mass is 511 g/mol. The summed E-state index contributed by atoms with van der Waals surface area (Å²) in [6.07, 6.45) is 3.09. The third-order valence-electron chi connectivity index (χ3n) is 4.86. The summed E-state index contributed by atoms with van der Waals surface area (Å²) in [7, 11) is -3.96. The van der Waals surface area contributed by atoms with E-state index in [2.05, 4.69) is 17.1 Å². The molecule has 35 heavy (non-hydrogen) atoms. The number of carbonyl (C=O) groups excluding carboxylic acids is 1. The molecule has 0 aliphatic rings. The number of nitrogens with zero attached hydrogens (tertiary/aromatic N) is 2. The van der Waals surface area contributed by atoms with E-state index in [0.29, 0.717) is 28.5 Å². The molecule has 0 aromatic heterocycles. The van der Waals surface area contributed by atoms with Crippen molar-refractivity contribution in [2.75, 3.05) is 13.2 Å². The second-order valence-corrected chi connectivity index (χ2v) is 10.1. The van der Waals surface area contributed by atoms with E-state index in [1.54, 1.807) is 66.7 Å². The molecule has 0 radical (unpaired) electrons. The van der Waals surface area contributed by atoms with Crippen LogP contribution in [0.15, 0.2) is 95.4 Å². The third kappa shape index (κ3) is 7.78. The van der Waals surface area contributed by atoms with E-state index in [1.807, 2.05) is 6.92 Å². The number of halogens is 1. The molecule has 0 saturated heterocycles. The lowest BCUT2D eigenvalue weighted by Gasteiger charge is -2.21. The van der Waals surface area contributed by atoms with Crippen LogP contribution in [-0.4, -0.2) is 38.0 Å². The lowest BCUT2D eigenvalue weighted by Crippen LogP contribution is -2.39. The van der Waals surface area contributed by atoms with Gasteiger partial charge in [-0.15, -0.1) is 0 Å². The maximum Gasteiger partial charge on any atom is 0.255 e. The zero-order valence-electron chi connectivity index (χ0n) is 19.2. The van der Waals surface area contributed by atoms with Gasteiger partial charge in [0.25, 0.3) is 5.91 Å². The molecule has 3 aromatic rings. The lowest BCUT2D eigenvalue weighted by atomic mass is 10.2. The van der Waals surface area contributed by atoms with E-state index in [1.165, 1.54) is 18.3 Å². The van der Waals surface area contributed by atoms with Gasteiger partial charge in [0.2, 0.25) is 10.0 Å². The van der Waals surface area contributed by atoms with Gasteiger partial charge < -0.3 is 4.74 Å². The molecule has 0 heterocycles. The van der Waals surface area contributed by atoms with Crippen molar-refractivity contribution in [3.63, 3.8) is 0 Å². The number of hydrogen-bond acceptors (Lipinski definition) is 5. The Hall–Kier alpha value is -3.46. The minimum Gasteiger partial charge on any atom is -0.490 e. The summed E-state index contributed by atoms with van der Waals surface area (Å²) in [5, 5.41) is 4.44. The SMILES string of the molecule is C=CCOc1cccc(/C=N\NC(=O)CN(Cc2cccc(Cl)c2)S(=O)(=O)c2ccc(C)cc2)c1. The first kappa shape index (κ1) is 26.2. The number of ether oxygens (including phenoxy) is 1. The van der Waals surface area contributed by atoms with Gasteiger partial charge in [0, 0.05) is 11.6 Å². The molecule has 0 spiro atoms. The van der Waals surface area contributed by atoms with Crippen molar-refractivity contribution in [1.82, 2.24) is 9.73 Å². The largest absolute Gasteiger partial charge is 0.490 e. The fraction of sp³-hybridized carbons (Fsp3) is 0.154. The van der Waals surface area contributed by atoms with Crippen molar-refractivity contribution in [3.8, 4) is 5.75 Å². The Labute approximate surface area is 210 Å². The average molecular weight is 512 g/mol. The van der Waals surface area contributed by atoms with Gasteiger partial charge in [0.05, 0.1) is 17.7 Å². The molecular weight excluding hydrogens is 486 g/mol. The molecule has 1 N–H and O–H groups in total. The van der Waals surface area contributed by atoms with Crippen LogP contribution in [0.25, 0.3) is 0 Å². The number of amides is 1. The van der Waals surface area contributed by atoms with Gasteiger partial charge in [-0.2, -0.15) is 9.41 Å². The number of nitrogens with one attached hydrogen (secondary N) is 1. The van der Waals surface area contributed by atoms with Crippen molar-refractivity contribution in [2.45, 2.75) is 18.4 Å². The fourth-order valence-corrected chi connectivity index (χ4v) is 4.74. The maximum atomic E-state index is 13.3. The molecule has 7 nitrogen and oxygen atoms in total. The van der Waals surface area contributed by atoms with E-state index in [4.69, 9.17) is 16.3 Å². The first-order valence-corrected chi connectivity index (χ1v) is 12.6. The molecule has 182 valence electrons. The Morgan fingerprint density at radius 2 is 1.86 bits per heavy atom. The van der Waals surface area contributed by atoms with Gasteiger partial charge in [-0.25, -0.2) is 13.8 Å². The van der Waals surface area contributed by atoms with Gasteiger partial charge in [0.1, 0.15) is 12.4 Å². The first-order valence-electron chi connectivity index (χ1n) is 10.7. The minimum atomic E-state index is -3.96. The maximum absolute atomic E-state index is 13.3. The Bertz CT molecular complexity index is 1310. The molecule has 0 bridgehead atoms. The Balaban J connectivity index is 1.75. The van der Waals surface area contributed by atoms with Crippen molar-refractivity contribution in [3.05, 3.63) is 107 Å². The summed E-state index contributed by atoms with van der Waals surface area (Å²) in [6.45, 7) is 5.39. The Morgan fingerprint density at radius 1 is 1.11 bits per heavy atom. The summed E-state index contributed by atoms with van der Waals surface area (Å²) in [4.78, 5) is 12.7. The predicted octanol–water partition coefficient (Wildman–Crippen LogP) is 4.55. The Morgan fingerprint density at radius 3 is 2.57 bits per heavy atom. The summed E-state index contributed by atoms with van der Waals surface area (Å²) in [5.41, 5.74) is 4.68. The highest BCUT2D eigenvalue weighted by molar-refractivity contribution is 7.89. The molecule has 1 amide bonds. The average Bonchev–Trinajstić information content (AvgIpc) is 2.83. The van der Waals surface area contributed by atoms with E-state index < -0.39 is 22.5 Å². The molecule has 0 aliphatic heterocycles. The van der Waals surface area contributed by atoms with Crippen molar-refractivity contribution in [1.29, 1.82) is 0 Å². The molecule has 0 unspecified atom stereocenters. The van der Waals surface area contributed by atoms with Crippen molar-refractivity contribution < 1.29 is 17.9 Å². The van der Waals surface area contributed by atoms with Gasteiger partial charge in [0.15, 0.2) is 0 Å². The summed E-state index contributed by atoms with van der Waals surface area (Å²) in [6, 6.07) is 20.4. The normalized spacial score (nSPS) is 11.5. The number of aryl methyl sites for hydroxylation is 1. The number of hydrazone groups is 1. The van der Waals surface area contributed by atoms with Crippen LogP contribution in [0.3, 0.4) is 0 Å². The van der Waals surface area contributed by atoms with Crippen molar-refractivity contribution in [2.24, 2.45) is 5.10 Å². The van der Waals surface area contributed by atoms with E-state index in [-0.39, 0.29) is 11.4 Å². The van der Waals surface area contributed by atoms with Crippen LogP contribution in [0.1, 0.15) is 16.7 Å². The summed E-state index contributed by atoms with van der Waals surface area (Å²) in [5.74, 6) is 0.0510. The van der Waals surface area contributed by atoms with E-state index >= 15 is 0 Å². The topological polar surface area (TPSA) is 88.1 Å². The lowest BCUT2D eigenvalue weighted by molar-refractivity contribution is -0.121. The molecule has 0 atom stereocenters. The highest BCUT2D eigenvalue weighted by Crippen LogP contribution is 2.20. The minimum absolute atomic E-state index is 0.0312. The molecule has 0 saturated carbocycles. The van der Waals surface area contributed by atoms with Crippen LogP contribution < -0.4 is 10.2 Å². The number of rotatable bonds is 11. The number of benzene rings is 3. The van der Waals surface area contributed by atoms with Gasteiger partial charge in [-0.3, -0.25) is 4.79 Å². The predicted molar refractivity (Wildman–Crippen MR) is 138 cm³/mol. The standard InChI is InChI=1S/C26H26ClN3O4S/c1-3-14-34-24-9-5-6-21(16-24)17-28-29-26(31)19-30(18-22-7-4-8-23(27)15-22)35(32,33)25-12-10-20(2)11-13-25/h3-13,15-17H,1,14,18-19H2,2H3,(H,29,31)/b28-17-. The second kappa shape index (κ2) is 12.3. The smallest absolute Gasteiger partial charge is 0.255 e. The van der Waals surface area contributed by atoms with Gasteiger partial charge >= 0.3 is 0 Å². The van der Waals surface area contributed by atoms with Gasteiger partial charge in [-0.05, 0) is 54.4 Å². The summed E-state index contributed by atoms with van der Waals surface area (Å²) >= 11 is 6.07. The molecule has 3 aromatic carbocycles. The third-order valence-corrected chi connectivity index (χ3v) is 6.90. The molecule has 0 fully saturated rings. The summed E-state index contributed by atoms with van der Waals surface area (Å²) < 4.78 is 33.3. The highest BCUT2D eigenvalue weighted by atomic mass is 35.5. The zero-order chi connectivity index (χ0) is 25.3. The van der Waals surface area contributed by atoms with Crippen molar-refractivity contribution >= 4 is 33.7 Å². The first-order chi connectivity index (χ1) is 16.8. The zero-order valence-corrected chi connectivity index (χ0v) is 20.8. The highest BCUT2D eigenvalue weighted by Gasteiger charge is 2.27. The van der Waals surface area contributed by atoms with Gasteiger partial charge in [-0.1, -0.05) is 66.2 Å². The number of carbonyl (C=O) groups is 1. The fourth-order valence-electron chi connectivity index (χ4n) is 3.14. The van der Waals surface area contributed by atoms with Crippen LogP contribution in [-0.2, 0) is 21.4 Å². The van der Waals surface area contributed by atoms with Crippen LogP contribution >= 0.6 is 11.6 Å². The quantitative estimate of drug-likeness (QED) is 0.232. The Kier molecular flexibility index (Phi) is 9.19. The number of hydrogen-bond donors (Lipinski definition) is 1. The van der Waals surface area contributed by atoms with Crippen LogP contribution in [0, 0.1) is 6.92 Å². The number of sulfonamides is 1. The second-order valence-electron chi connectivity index (χ2n) is 7.68. The van der Waals surface area contributed by atoms with Crippen LogP contribution in [0.5, 0.6) is 5.75 Å².